The summed E-state index contributed by atoms with van der Waals surface area (Å²) < 4.78 is 1.77. The van der Waals surface area contributed by atoms with Crippen molar-refractivity contribution in [2.75, 3.05) is 13.1 Å². The zero-order valence-corrected chi connectivity index (χ0v) is 11.0. The van der Waals surface area contributed by atoms with E-state index >= 15 is 0 Å². The van der Waals surface area contributed by atoms with Crippen LogP contribution in [0.1, 0.15) is 35.3 Å². The van der Waals surface area contributed by atoms with Crippen molar-refractivity contribution in [3.63, 3.8) is 0 Å². The molecule has 2 atom stereocenters. The minimum Gasteiger partial charge on any atom is -0.331 e. The van der Waals surface area contributed by atoms with Gasteiger partial charge >= 0.3 is 0 Å². The number of hydrogen-bond donors (Lipinski definition) is 1. The first kappa shape index (κ1) is 11.7. The highest BCUT2D eigenvalue weighted by atomic mass is 16.2. The summed E-state index contributed by atoms with van der Waals surface area (Å²) in [5.41, 5.74) is 1.72. The van der Waals surface area contributed by atoms with E-state index in [4.69, 9.17) is 0 Å². The Hall–Kier alpha value is -1.36. The van der Waals surface area contributed by atoms with Crippen molar-refractivity contribution >= 4 is 5.91 Å². The highest BCUT2D eigenvalue weighted by molar-refractivity contribution is 5.95. The maximum atomic E-state index is 12.7. The topological polar surface area (TPSA) is 50.2 Å². The summed E-state index contributed by atoms with van der Waals surface area (Å²) in [6.07, 6.45) is 5.05. The third-order valence-electron chi connectivity index (χ3n) is 4.35. The van der Waals surface area contributed by atoms with Gasteiger partial charge in [-0.1, -0.05) is 0 Å². The number of nitrogens with zero attached hydrogens (tertiary/aromatic N) is 3. The van der Waals surface area contributed by atoms with Crippen molar-refractivity contribution in [3.8, 4) is 0 Å². The Morgan fingerprint density at radius 2 is 2.17 bits per heavy atom. The lowest BCUT2D eigenvalue weighted by Crippen LogP contribution is -2.42. The van der Waals surface area contributed by atoms with Crippen molar-refractivity contribution in [3.05, 3.63) is 17.5 Å². The van der Waals surface area contributed by atoms with Gasteiger partial charge in [0.05, 0.1) is 11.8 Å². The predicted molar refractivity (Wildman–Crippen MR) is 68.4 cm³/mol. The minimum atomic E-state index is 0.164. The van der Waals surface area contributed by atoms with Gasteiger partial charge in [-0.05, 0) is 32.7 Å². The van der Waals surface area contributed by atoms with Gasteiger partial charge in [0.25, 0.3) is 5.91 Å². The number of fused-ring (bicyclic) bond motifs is 2. The summed E-state index contributed by atoms with van der Waals surface area (Å²) in [4.78, 5) is 14.8. The van der Waals surface area contributed by atoms with E-state index in [9.17, 15) is 4.79 Å². The summed E-state index contributed by atoms with van der Waals surface area (Å²) in [5, 5.41) is 7.60. The highest BCUT2D eigenvalue weighted by Gasteiger charge is 2.39. The summed E-state index contributed by atoms with van der Waals surface area (Å²) in [5.74, 6) is 0.164. The molecule has 1 aromatic heterocycles. The summed E-state index contributed by atoms with van der Waals surface area (Å²) in [6, 6.07) is 0.779. The van der Waals surface area contributed by atoms with Crippen LogP contribution < -0.4 is 5.32 Å². The maximum absolute atomic E-state index is 12.7. The van der Waals surface area contributed by atoms with Crippen LogP contribution in [-0.2, 0) is 7.05 Å². The van der Waals surface area contributed by atoms with Crippen molar-refractivity contribution < 1.29 is 4.79 Å². The van der Waals surface area contributed by atoms with Crippen molar-refractivity contribution in [2.24, 2.45) is 7.05 Å². The predicted octanol–water partition coefficient (Wildman–Crippen LogP) is 0.695. The Labute approximate surface area is 107 Å². The fourth-order valence-corrected chi connectivity index (χ4v) is 3.16. The second-order valence-electron chi connectivity index (χ2n) is 5.36. The quantitative estimate of drug-likeness (QED) is 0.795. The first-order valence-corrected chi connectivity index (χ1v) is 6.70. The Morgan fingerprint density at radius 3 is 2.89 bits per heavy atom. The standard InChI is InChI=1S/C13H20N4O/c1-9-12(8-15-16(9)2)13(18)17-10-3-4-11(17)7-14-6-5-10/h8,10-11,14H,3-7H2,1-2H3. The van der Waals surface area contributed by atoms with E-state index < -0.39 is 0 Å². The van der Waals surface area contributed by atoms with Gasteiger partial charge in [0.15, 0.2) is 0 Å². The second kappa shape index (κ2) is 4.39. The molecule has 0 radical (unpaired) electrons. The number of aryl methyl sites for hydroxylation is 1. The number of nitrogens with one attached hydrogen (secondary N) is 1. The van der Waals surface area contributed by atoms with Gasteiger partial charge in [0, 0.05) is 31.4 Å². The highest BCUT2D eigenvalue weighted by Crippen LogP contribution is 2.29. The molecule has 0 aliphatic carbocycles. The third-order valence-corrected chi connectivity index (χ3v) is 4.35. The first-order valence-electron chi connectivity index (χ1n) is 6.70. The molecule has 2 bridgehead atoms. The molecule has 0 aromatic carbocycles. The van der Waals surface area contributed by atoms with Crippen LogP contribution in [0.2, 0.25) is 0 Å². The maximum Gasteiger partial charge on any atom is 0.257 e. The van der Waals surface area contributed by atoms with Crippen molar-refractivity contribution in [1.29, 1.82) is 0 Å². The summed E-state index contributed by atoms with van der Waals surface area (Å²) >= 11 is 0. The molecule has 1 amide bonds. The van der Waals surface area contributed by atoms with Gasteiger partial charge < -0.3 is 10.2 Å². The van der Waals surface area contributed by atoms with Crippen LogP contribution >= 0.6 is 0 Å². The average Bonchev–Trinajstić information content (AvgIpc) is 2.79. The number of rotatable bonds is 1. The van der Waals surface area contributed by atoms with Crippen molar-refractivity contribution in [2.45, 2.75) is 38.3 Å². The SMILES string of the molecule is Cc1c(C(=O)N2C3CCNCC2CC3)cnn1C. The van der Waals surface area contributed by atoms with Gasteiger partial charge in [0.2, 0.25) is 0 Å². The minimum absolute atomic E-state index is 0.164. The molecule has 5 heteroatoms. The third kappa shape index (κ3) is 1.73. The summed E-state index contributed by atoms with van der Waals surface area (Å²) in [7, 11) is 1.88. The first-order chi connectivity index (χ1) is 8.68. The molecule has 2 fully saturated rings. The molecule has 0 spiro atoms. The van der Waals surface area contributed by atoms with Gasteiger partial charge in [-0.15, -0.1) is 0 Å². The van der Waals surface area contributed by atoms with Crippen LogP contribution in [0, 0.1) is 6.92 Å². The number of carbonyl (C=O) groups excluding carboxylic acids is 1. The number of amides is 1. The molecular weight excluding hydrogens is 228 g/mol. The average molecular weight is 248 g/mol. The van der Waals surface area contributed by atoms with Crippen LogP contribution in [0.25, 0.3) is 0 Å². The largest absolute Gasteiger partial charge is 0.331 e. The lowest BCUT2D eigenvalue weighted by atomic mass is 10.1. The molecular formula is C13H20N4O. The van der Waals surface area contributed by atoms with Crippen LogP contribution in [0.15, 0.2) is 6.20 Å². The molecule has 1 aromatic rings. The molecule has 2 aliphatic heterocycles. The monoisotopic (exact) mass is 248 g/mol. The number of aromatic nitrogens is 2. The zero-order valence-electron chi connectivity index (χ0n) is 11.0. The molecule has 2 saturated heterocycles. The van der Waals surface area contributed by atoms with Gasteiger partial charge in [0.1, 0.15) is 0 Å². The second-order valence-corrected chi connectivity index (χ2v) is 5.36. The molecule has 3 heterocycles. The fraction of sp³-hybridized carbons (Fsp3) is 0.692. The Bertz CT molecular complexity index is 454. The van der Waals surface area contributed by atoms with Crippen LogP contribution in [-0.4, -0.2) is 45.8 Å². The van der Waals surface area contributed by atoms with Gasteiger partial charge in [-0.2, -0.15) is 5.10 Å². The molecule has 1 N–H and O–H groups in total. The van der Waals surface area contributed by atoms with E-state index in [0.717, 1.165) is 43.6 Å². The van der Waals surface area contributed by atoms with Crippen LogP contribution in [0.4, 0.5) is 0 Å². The van der Waals surface area contributed by atoms with Crippen LogP contribution in [0.3, 0.4) is 0 Å². The molecule has 2 unspecified atom stereocenters. The Kier molecular flexibility index (Phi) is 2.86. The lowest BCUT2D eigenvalue weighted by Gasteiger charge is -2.27. The van der Waals surface area contributed by atoms with Gasteiger partial charge in [-0.3, -0.25) is 9.48 Å². The number of carbonyl (C=O) groups is 1. The molecule has 0 saturated carbocycles. The van der Waals surface area contributed by atoms with E-state index in [2.05, 4.69) is 15.3 Å². The molecule has 5 nitrogen and oxygen atoms in total. The van der Waals surface area contributed by atoms with Crippen molar-refractivity contribution in [1.82, 2.24) is 20.0 Å². The molecule has 3 rings (SSSR count). The summed E-state index contributed by atoms with van der Waals surface area (Å²) in [6.45, 7) is 3.91. The Morgan fingerprint density at radius 1 is 1.39 bits per heavy atom. The van der Waals surface area contributed by atoms with E-state index in [0.29, 0.717) is 12.1 Å². The lowest BCUT2D eigenvalue weighted by molar-refractivity contribution is 0.0679. The Balaban J connectivity index is 1.90. The molecule has 98 valence electrons. The van der Waals surface area contributed by atoms with Gasteiger partial charge in [-0.25, -0.2) is 0 Å². The number of hydrogen-bond acceptors (Lipinski definition) is 3. The van der Waals surface area contributed by atoms with E-state index in [1.165, 1.54) is 0 Å². The normalized spacial score (nSPS) is 27.3. The van der Waals surface area contributed by atoms with Crippen LogP contribution in [0.5, 0.6) is 0 Å². The van der Waals surface area contributed by atoms with E-state index in [1.807, 2.05) is 14.0 Å². The molecule has 2 aliphatic rings. The smallest absolute Gasteiger partial charge is 0.257 e. The molecule has 18 heavy (non-hydrogen) atoms. The van der Waals surface area contributed by atoms with E-state index in [-0.39, 0.29) is 5.91 Å². The zero-order chi connectivity index (χ0) is 12.7. The fourth-order valence-electron chi connectivity index (χ4n) is 3.16. The van der Waals surface area contributed by atoms with E-state index in [1.54, 1.807) is 10.9 Å².